The molecule has 1 saturated carbocycles. The van der Waals surface area contributed by atoms with E-state index in [2.05, 4.69) is 12.1 Å². The van der Waals surface area contributed by atoms with E-state index in [-0.39, 0.29) is 5.97 Å². The predicted octanol–water partition coefficient (Wildman–Crippen LogP) is 4.64. The lowest BCUT2D eigenvalue weighted by Gasteiger charge is -2.17. The molecule has 1 aromatic rings. The SMILES string of the molecule is CCOC(=O)C(=CC1=CCC(=C=O)C=C1)c1ccc2c(c1)[C@H]1CC[C@H]2C1. The first-order chi connectivity index (χ1) is 12.7. The van der Waals surface area contributed by atoms with E-state index in [4.69, 9.17) is 4.74 Å². The average molecular weight is 346 g/mol. The molecule has 0 spiro atoms. The van der Waals surface area contributed by atoms with Crippen molar-refractivity contribution in [1.82, 2.24) is 0 Å². The van der Waals surface area contributed by atoms with Gasteiger partial charge in [0.05, 0.1) is 12.2 Å². The summed E-state index contributed by atoms with van der Waals surface area (Å²) in [4.78, 5) is 23.3. The normalized spacial score (nSPS) is 23.5. The molecule has 3 aliphatic carbocycles. The number of esters is 1. The van der Waals surface area contributed by atoms with Gasteiger partial charge in [0.25, 0.3) is 0 Å². The van der Waals surface area contributed by atoms with Gasteiger partial charge in [-0.15, -0.1) is 0 Å². The first kappa shape index (κ1) is 16.8. The molecule has 0 heterocycles. The molecule has 0 N–H and O–H groups in total. The number of hydrogen-bond acceptors (Lipinski definition) is 3. The average Bonchev–Trinajstić information content (AvgIpc) is 3.29. The minimum atomic E-state index is -0.304. The van der Waals surface area contributed by atoms with E-state index in [1.807, 2.05) is 37.2 Å². The maximum atomic E-state index is 12.6. The van der Waals surface area contributed by atoms with Crippen LogP contribution in [0.1, 0.15) is 61.1 Å². The van der Waals surface area contributed by atoms with Gasteiger partial charge in [0.2, 0.25) is 0 Å². The second-order valence-corrected chi connectivity index (χ2v) is 7.20. The molecule has 132 valence electrons. The number of ether oxygens (including phenoxy) is 1. The fourth-order valence-electron chi connectivity index (χ4n) is 4.39. The van der Waals surface area contributed by atoms with Crippen molar-refractivity contribution >= 4 is 17.5 Å². The quantitative estimate of drug-likeness (QED) is 0.453. The van der Waals surface area contributed by atoms with Gasteiger partial charge in [-0.3, -0.25) is 0 Å². The van der Waals surface area contributed by atoms with Crippen LogP contribution in [0.4, 0.5) is 0 Å². The van der Waals surface area contributed by atoms with Crippen molar-refractivity contribution in [2.75, 3.05) is 6.61 Å². The Labute approximate surface area is 153 Å². The summed E-state index contributed by atoms with van der Waals surface area (Å²) < 4.78 is 5.30. The third-order valence-electron chi connectivity index (χ3n) is 5.68. The molecule has 1 fully saturated rings. The molecule has 0 aliphatic heterocycles. The van der Waals surface area contributed by atoms with Gasteiger partial charge in [-0.25, -0.2) is 9.59 Å². The van der Waals surface area contributed by atoms with Crippen LogP contribution in [0.15, 0.2) is 53.6 Å². The van der Waals surface area contributed by atoms with Crippen molar-refractivity contribution < 1.29 is 14.3 Å². The Morgan fingerprint density at radius 3 is 2.73 bits per heavy atom. The van der Waals surface area contributed by atoms with E-state index in [1.54, 1.807) is 6.08 Å². The molecular weight excluding hydrogens is 324 g/mol. The third-order valence-corrected chi connectivity index (χ3v) is 5.68. The Balaban J connectivity index is 1.71. The molecule has 0 unspecified atom stereocenters. The summed E-state index contributed by atoms with van der Waals surface area (Å²) in [5.41, 5.74) is 5.90. The van der Waals surface area contributed by atoms with Crippen LogP contribution < -0.4 is 0 Å². The van der Waals surface area contributed by atoms with Gasteiger partial charge in [-0.2, -0.15) is 0 Å². The van der Waals surface area contributed by atoms with Gasteiger partial charge in [-0.1, -0.05) is 30.4 Å². The van der Waals surface area contributed by atoms with Gasteiger partial charge in [-0.05, 0) is 72.4 Å². The van der Waals surface area contributed by atoms with Crippen LogP contribution in [-0.2, 0) is 14.3 Å². The number of fused-ring (bicyclic) bond motifs is 5. The second kappa shape index (κ2) is 6.93. The molecule has 4 rings (SSSR count). The van der Waals surface area contributed by atoms with Crippen molar-refractivity contribution in [1.29, 1.82) is 0 Å². The summed E-state index contributed by atoms with van der Waals surface area (Å²) in [6.45, 7) is 2.16. The van der Waals surface area contributed by atoms with Gasteiger partial charge in [0.1, 0.15) is 5.94 Å². The molecule has 3 heteroatoms. The zero-order chi connectivity index (χ0) is 18.1. The van der Waals surface area contributed by atoms with E-state index >= 15 is 0 Å². The molecule has 0 saturated heterocycles. The van der Waals surface area contributed by atoms with Crippen LogP contribution in [0.5, 0.6) is 0 Å². The predicted molar refractivity (Wildman–Crippen MR) is 101 cm³/mol. The molecule has 3 nitrogen and oxygen atoms in total. The summed E-state index contributed by atoms with van der Waals surface area (Å²) in [7, 11) is 0. The first-order valence-electron chi connectivity index (χ1n) is 9.35. The minimum absolute atomic E-state index is 0.304. The van der Waals surface area contributed by atoms with Crippen molar-refractivity contribution in [2.24, 2.45) is 0 Å². The smallest absolute Gasteiger partial charge is 0.338 e. The van der Waals surface area contributed by atoms with Crippen molar-refractivity contribution in [2.45, 2.75) is 44.4 Å². The number of carbonyl (C=O) groups is 1. The number of allylic oxidation sites excluding steroid dienone is 6. The first-order valence-corrected chi connectivity index (χ1v) is 9.35. The fraction of sp³-hybridized carbons (Fsp3) is 0.348. The van der Waals surface area contributed by atoms with Crippen LogP contribution in [0.2, 0.25) is 0 Å². The van der Waals surface area contributed by atoms with Gasteiger partial charge in [0, 0.05) is 12.0 Å². The lowest BCUT2D eigenvalue weighted by Crippen LogP contribution is -2.08. The molecular formula is C23H22O3. The highest BCUT2D eigenvalue weighted by Gasteiger charge is 2.37. The van der Waals surface area contributed by atoms with Crippen LogP contribution in [0.25, 0.3) is 5.57 Å². The Morgan fingerprint density at radius 2 is 2.04 bits per heavy atom. The molecule has 0 radical (unpaired) electrons. The lowest BCUT2D eigenvalue weighted by atomic mass is 9.88. The molecule has 1 aromatic carbocycles. The van der Waals surface area contributed by atoms with Crippen molar-refractivity contribution in [3.8, 4) is 0 Å². The van der Waals surface area contributed by atoms with Gasteiger partial charge >= 0.3 is 5.97 Å². The molecule has 0 amide bonds. The standard InChI is InChI=1S/C23H22O3/c1-2-26-23(25)22(11-15-3-5-16(14-24)6-4-15)19-9-10-20-17-7-8-18(12-17)21(20)13-19/h3-5,9-11,13,17-18H,2,6-8,12H2,1H3/t17-,18-/m0/s1. The monoisotopic (exact) mass is 346 g/mol. The summed E-state index contributed by atoms with van der Waals surface area (Å²) in [6.07, 6.45) is 11.7. The number of carbonyl (C=O) groups excluding carboxylic acids is 2. The highest BCUT2D eigenvalue weighted by molar-refractivity contribution is 6.17. The number of benzene rings is 1. The largest absolute Gasteiger partial charge is 0.462 e. The lowest BCUT2D eigenvalue weighted by molar-refractivity contribution is -0.136. The van der Waals surface area contributed by atoms with Crippen LogP contribution in [0, 0.1) is 0 Å². The van der Waals surface area contributed by atoms with E-state index in [0.717, 1.165) is 11.1 Å². The molecule has 26 heavy (non-hydrogen) atoms. The summed E-state index contributed by atoms with van der Waals surface area (Å²) in [5, 5.41) is 0. The van der Waals surface area contributed by atoms with E-state index < -0.39 is 0 Å². The van der Waals surface area contributed by atoms with Crippen molar-refractivity contribution in [3.63, 3.8) is 0 Å². The van der Waals surface area contributed by atoms with Gasteiger partial charge in [0.15, 0.2) is 0 Å². The van der Waals surface area contributed by atoms with E-state index in [9.17, 15) is 9.59 Å². The second-order valence-electron chi connectivity index (χ2n) is 7.20. The third kappa shape index (κ3) is 3.00. The molecule has 2 bridgehead atoms. The Bertz CT molecular complexity index is 894. The minimum Gasteiger partial charge on any atom is -0.462 e. The number of hydrogen-bond donors (Lipinski definition) is 0. The zero-order valence-corrected chi connectivity index (χ0v) is 15.0. The highest BCUT2D eigenvalue weighted by atomic mass is 16.5. The molecule has 2 atom stereocenters. The Kier molecular flexibility index (Phi) is 4.48. The molecule has 3 aliphatic rings. The summed E-state index contributed by atoms with van der Waals surface area (Å²) >= 11 is 0. The van der Waals surface area contributed by atoms with Crippen LogP contribution in [0.3, 0.4) is 0 Å². The zero-order valence-electron chi connectivity index (χ0n) is 15.0. The fourth-order valence-corrected chi connectivity index (χ4v) is 4.39. The maximum absolute atomic E-state index is 12.6. The number of rotatable bonds is 4. The van der Waals surface area contributed by atoms with Crippen molar-refractivity contribution in [3.05, 3.63) is 70.3 Å². The van der Waals surface area contributed by atoms with E-state index in [1.165, 1.54) is 30.4 Å². The van der Waals surface area contributed by atoms with Crippen LogP contribution >= 0.6 is 0 Å². The maximum Gasteiger partial charge on any atom is 0.338 e. The Morgan fingerprint density at radius 1 is 1.23 bits per heavy atom. The molecule has 0 aromatic heterocycles. The summed E-state index contributed by atoms with van der Waals surface area (Å²) in [6, 6.07) is 6.43. The summed E-state index contributed by atoms with van der Waals surface area (Å²) in [5.74, 6) is 2.97. The van der Waals surface area contributed by atoms with E-state index in [0.29, 0.717) is 36.0 Å². The highest BCUT2D eigenvalue weighted by Crippen LogP contribution is 2.53. The van der Waals surface area contributed by atoms with Crippen LogP contribution in [-0.4, -0.2) is 18.5 Å². The van der Waals surface area contributed by atoms with Gasteiger partial charge < -0.3 is 4.74 Å². The Hall–Kier alpha value is -2.64. The topological polar surface area (TPSA) is 43.4 Å².